The zero-order valence-corrected chi connectivity index (χ0v) is 10.3. The molecule has 98 valence electrons. The van der Waals surface area contributed by atoms with Gasteiger partial charge in [0.15, 0.2) is 0 Å². The minimum atomic E-state index is -0.860. The van der Waals surface area contributed by atoms with Gasteiger partial charge in [0.1, 0.15) is 5.69 Å². The molecule has 1 amide bonds. The molecule has 2 N–H and O–H groups in total. The summed E-state index contributed by atoms with van der Waals surface area (Å²) in [5.41, 5.74) is 1.26. The maximum Gasteiger partial charge on any atom is 0.305 e. The van der Waals surface area contributed by atoms with Gasteiger partial charge in [0.05, 0.1) is 12.6 Å². The van der Waals surface area contributed by atoms with E-state index in [9.17, 15) is 9.59 Å². The van der Waals surface area contributed by atoms with Crippen molar-refractivity contribution in [2.24, 2.45) is 0 Å². The van der Waals surface area contributed by atoms with Crippen molar-refractivity contribution in [2.75, 3.05) is 6.54 Å². The van der Waals surface area contributed by atoms with E-state index in [1.165, 1.54) is 0 Å². The number of piperidine rings is 1. The fourth-order valence-electron chi connectivity index (χ4n) is 2.39. The Morgan fingerprint density at radius 1 is 1.56 bits per heavy atom. The molecule has 1 saturated heterocycles. The molecular weight excluding hydrogens is 234 g/mol. The molecule has 0 aromatic carbocycles. The second kappa shape index (κ2) is 5.20. The van der Waals surface area contributed by atoms with Gasteiger partial charge >= 0.3 is 5.97 Å². The first-order valence-electron chi connectivity index (χ1n) is 6.12. The van der Waals surface area contributed by atoms with Gasteiger partial charge in [-0.05, 0) is 31.7 Å². The van der Waals surface area contributed by atoms with Crippen molar-refractivity contribution in [2.45, 2.75) is 38.6 Å². The number of amides is 1. The highest BCUT2D eigenvalue weighted by atomic mass is 16.4. The number of likely N-dealkylation sites (tertiary alicyclic amines) is 1. The summed E-state index contributed by atoms with van der Waals surface area (Å²) in [7, 11) is 0. The molecule has 1 atom stereocenters. The molecule has 18 heavy (non-hydrogen) atoms. The molecule has 0 saturated carbocycles. The summed E-state index contributed by atoms with van der Waals surface area (Å²) in [5.74, 6) is -1.00. The van der Waals surface area contributed by atoms with E-state index >= 15 is 0 Å². The number of rotatable bonds is 3. The Morgan fingerprint density at radius 3 is 2.94 bits per heavy atom. The van der Waals surface area contributed by atoms with Gasteiger partial charge in [-0.2, -0.15) is 5.10 Å². The molecule has 6 heteroatoms. The Kier molecular flexibility index (Phi) is 3.64. The van der Waals surface area contributed by atoms with Gasteiger partial charge in [-0.25, -0.2) is 0 Å². The number of aromatic nitrogens is 2. The zero-order chi connectivity index (χ0) is 13.1. The van der Waals surface area contributed by atoms with Crippen LogP contribution in [-0.2, 0) is 4.79 Å². The standard InChI is InChI=1S/C12H17N3O3/c1-8-7-13-14-11(8)12(18)15-5-3-2-4-9(15)6-10(16)17/h7,9H,2-6H2,1H3,(H,13,14)(H,16,17). The summed E-state index contributed by atoms with van der Waals surface area (Å²) < 4.78 is 0. The number of hydrogen-bond acceptors (Lipinski definition) is 3. The van der Waals surface area contributed by atoms with Crippen LogP contribution in [-0.4, -0.2) is 44.7 Å². The van der Waals surface area contributed by atoms with Crippen LogP contribution >= 0.6 is 0 Å². The number of carboxylic acid groups (broad SMARTS) is 1. The molecule has 2 rings (SSSR count). The lowest BCUT2D eigenvalue weighted by Crippen LogP contribution is -2.45. The number of carbonyl (C=O) groups excluding carboxylic acids is 1. The van der Waals surface area contributed by atoms with Crippen molar-refractivity contribution in [3.05, 3.63) is 17.5 Å². The Hall–Kier alpha value is -1.85. The maximum atomic E-state index is 12.3. The first kappa shape index (κ1) is 12.6. The number of aliphatic carboxylic acids is 1. The molecule has 6 nitrogen and oxygen atoms in total. The smallest absolute Gasteiger partial charge is 0.305 e. The zero-order valence-electron chi connectivity index (χ0n) is 10.3. The van der Waals surface area contributed by atoms with E-state index in [-0.39, 0.29) is 18.4 Å². The van der Waals surface area contributed by atoms with Crippen molar-refractivity contribution < 1.29 is 14.7 Å². The predicted molar refractivity (Wildman–Crippen MR) is 64.3 cm³/mol. The van der Waals surface area contributed by atoms with E-state index in [4.69, 9.17) is 5.11 Å². The van der Waals surface area contributed by atoms with Crippen molar-refractivity contribution in [1.82, 2.24) is 15.1 Å². The molecule has 1 aromatic rings. The fourth-order valence-corrected chi connectivity index (χ4v) is 2.39. The Labute approximate surface area is 105 Å². The predicted octanol–water partition coefficient (Wildman–Crippen LogP) is 1.19. The second-order valence-electron chi connectivity index (χ2n) is 4.67. The summed E-state index contributed by atoms with van der Waals surface area (Å²) >= 11 is 0. The molecule has 1 fully saturated rings. The summed E-state index contributed by atoms with van der Waals surface area (Å²) in [5, 5.41) is 15.4. The average molecular weight is 251 g/mol. The Morgan fingerprint density at radius 2 is 2.33 bits per heavy atom. The fraction of sp³-hybridized carbons (Fsp3) is 0.583. The number of carbonyl (C=O) groups is 2. The van der Waals surface area contributed by atoms with Gasteiger partial charge in [0.25, 0.3) is 5.91 Å². The molecule has 2 heterocycles. The van der Waals surface area contributed by atoms with E-state index in [1.54, 1.807) is 11.1 Å². The molecule has 1 unspecified atom stereocenters. The third kappa shape index (κ3) is 2.52. The van der Waals surface area contributed by atoms with Crippen LogP contribution in [0.15, 0.2) is 6.20 Å². The van der Waals surface area contributed by atoms with E-state index in [2.05, 4.69) is 10.2 Å². The van der Waals surface area contributed by atoms with E-state index in [0.29, 0.717) is 12.2 Å². The van der Waals surface area contributed by atoms with Gasteiger partial charge in [0, 0.05) is 12.6 Å². The number of aryl methyl sites for hydroxylation is 1. The van der Waals surface area contributed by atoms with Crippen molar-refractivity contribution >= 4 is 11.9 Å². The number of H-pyrrole nitrogens is 1. The number of hydrogen-bond donors (Lipinski definition) is 2. The Balaban J connectivity index is 2.16. The number of nitrogens with one attached hydrogen (secondary N) is 1. The highest BCUT2D eigenvalue weighted by Gasteiger charge is 2.30. The molecule has 1 aliphatic heterocycles. The lowest BCUT2D eigenvalue weighted by molar-refractivity contribution is -0.138. The third-order valence-corrected chi connectivity index (χ3v) is 3.34. The van der Waals surface area contributed by atoms with Crippen molar-refractivity contribution in [1.29, 1.82) is 0 Å². The monoisotopic (exact) mass is 251 g/mol. The molecule has 1 aliphatic rings. The minimum absolute atomic E-state index is 0.0128. The molecular formula is C12H17N3O3. The van der Waals surface area contributed by atoms with Crippen LogP contribution in [0.2, 0.25) is 0 Å². The van der Waals surface area contributed by atoms with Gasteiger partial charge < -0.3 is 10.0 Å². The lowest BCUT2D eigenvalue weighted by Gasteiger charge is -2.34. The van der Waals surface area contributed by atoms with Gasteiger partial charge in [0.2, 0.25) is 0 Å². The van der Waals surface area contributed by atoms with Crippen LogP contribution in [0.5, 0.6) is 0 Å². The van der Waals surface area contributed by atoms with Gasteiger partial charge in [-0.3, -0.25) is 14.7 Å². The topological polar surface area (TPSA) is 86.3 Å². The van der Waals surface area contributed by atoms with Gasteiger partial charge in [-0.1, -0.05) is 0 Å². The normalized spacial score (nSPS) is 19.8. The maximum absolute atomic E-state index is 12.3. The summed E-state index contributed by atoms with van der Waals surface area (Å²) in [4.78, 5) is 24.8. The molecule has 0 bridgehead atoms. The van der Waals surface area contributed by atoms with E-state index in [0.717, 1.165) is 24.8 Å². The average Bonchev–Trinajstić information content (AvgIpc) is 2.74. The number of aromatic amines is 1. The van der Waals surface area contributed by atoms with Crippen molar-refractivity contribution in [3.8, 4) is 0 Å². The van der Waals surface area contributed by atoms with Crippen LogP contribution in [0.1, 0.15) is 41.7 Å². The summed E-state index contributed by atoms with van der Waals surface area (Å²) in [6, 6.07) is -0.202. The van der Waals surface area contributed by atoms with E-state index in [1.807, 2.05) is 6.92 Å². The molecule has 0 aliphatic carbocycles. The van der Waals surface area contributed by atoms with Crippen LogP contribution in [0.25, 0.3) is 0 Å². The van der Waals surface area contributed by atoms with E-state index < -0.39 is 5.97 Å². The minimum Gasteiger partial charge on any atom is -0.481 e. The summed E-state index contributed by atoms with van der Waals surface area (Å²) in [6.45, 7) is 2.43. The van der Waals surface area contributed by atoms with Gasteiger partial charge in [-0.15, -0.1) is 0 Å². The summed E-state index contributed by atoms with van der Waals surface area (Å²) in [6.07, 6.45) is 4.27. The van der Waals surface area contributed by atoms with Crippen LogP contribution in [0, 0.1) is 6.92 Å². The third-order valence-electron chi connectivity index (χ3n) is 3.34. The van der Waals surface area contributed by atoms with Crippen LogP contribution < -0.4 is 0 Å². The first-order valence-corrected chi connectivity index (χ1v) is 6.12. The SMILES string of the molecule is Cc1cn[nH]c1C(=O)N1CCCCC1CC(=O)O. The molecule has 1 aromatic heterocycles. The first-order chi connectivity index (χ1) is 8.59. The molecule has 0 spiro atoms. The largest absolute Gasteiger partial charge is 0.481 e. The number of carboxylic acids is 1. The van der Waals surface area contributed by atoms with Crippen LogP contribution in [0.4, 0.5) is 0 Å². The van der Waals surface area contributed by atoms with Crippen molar-refractivity contribution in [3.63, 3.8) is 0 Å². The highest BCUT2D eigenvalue weighted by molar-refractivity contribution is 5.94. The lowest BCUT2D eigenvalue weighted by atomic mass is 9.98. The quantitative estimate of drug-likeness (QED) is 0.844. The highest BCUT2D eigenvalue weighted by Crippen LogP contribution is 2.22. The second-order valence-corrected chi connectivity index (χ2v) is 4.67. The Bertz CT molecular complexity index is 455. The number of nitrogens with zero attached hydrogens (tertiary/aromatic N) is 2. The molecule has 0 radical (unpaired) electrons. The van der Waals surface area contributed by atoms with Crippen LogP contribution in [0.3, 0.4) is 0 Å².